The highest BCUT2D eigenvalue weighted by atomic mass is 35.5. The van der Waals surface area contributed by atoms with Crippen LogP contribution in [-0.2, 0) is 23.9 Å². The van der Waals surface area contributed by atoms with Crippen molar-refractivity contribution < 1.29 is 29.0 Å². The van der Waals surface area contributed by atoms with Gasteiger partial charge in [0, 0.05) is 23.9 Å². The number of amides is 2. The molecule has 0 radical (unpaired) electrons. The topological polar surface area (TPSA) is 105 Å². The molecule has 8 nitrogen and oxygen atoms in total. The summed E-state index contributed by atoms with van der Waals surface area (Å²) in [7, 11) is 0. The smallest absolute Gasteiger partial charge is 0.312 e. The number of likely N-dealkylation sites (tertiary alicyclic amines) is 1. The van der Waals surface area contributed by atoms with Crippen molar-refractivity contribution in [2.24, 2.45) is 11.8 Å². The van der Waals surface area contributed by atoms with E-state index in [-0.39, 0.29) is 25.0 Å². The SMILES string of the molecule is CCOC(=O)[C@H]1[C@H]2C(=O)N(CCCCCO)C(C(=O)Nc3ccc(Cl)cc3)C23CC[C@]1(C)O3. The van der Waals surface area contributed by atoms with Gasteiger partial charge in [-0.25, -0.2) is 0 Å². The van der Waals surface area contributed by atoms with E-state index in [4.69, 9.17) is 26.2 Å². The van der Waals surface area contributed by atoms with E-state index in [2.05, 4.69) is 5.32 Å². The molecular weight excluding hydrogens is 448 g/mol. The molecule has 180 valence electrons. The lowest BCUT2D eigenvalue weighted by Gasteiger charge is -2.33. The Morgan fingerprint density at radius 2 is 1.97 bits per heavy atom. The van der Waals surface area contributed by atoms with Crippen LogP contribution in [0.1, 0.15) is 46.0 Å². The van der Waals surface area contributed by atoms with E-state index in [1.807, 2.05) is 6.92 Å². The number of nitrogens with one attached hydrogen (secondary N) is 1. The average Bonchev–Trinajstić information content (AvgIpc) is 3.34. The minimum Gasteiger partial charge on any atom is -0.466 e. The van der Waals surface area contributed by atoms with Crippen LogP contribution in [0, 0.1) is 11.8 Å². The number of carbonyl (C=O) groups is 3. The van der Waals surface area contributed by atoms with E-state index in [1.165, 1.54) is 0 Å². The highest BCUT2D eigenvalue weighted by Crippen LogP contribution is 2.63. The molecule has 4 rings (SSSR count). The highest BCUT2D eigenvalue weighted by molar-refractivity contribution is 6.30. The second-order valence-electron chi connectivity index (χ2n) is 9.29. The number of ether oxygens (including phenoxy) is 2. The van der Waals surface area contributed by atoms with Crippen molar-refractivity contribution in [1.29, 1.82) is 0 Å². The highest BCUT2D eigenvalue weighted by Gasteiger charge is 2.78. The second-order valence-corrected chi connectivity index (χ2v) is 9.73. The van der Waals surface area contributed by atoms with Crippen LogP contribution in [0.5, 0.6) is 0 Å². The van der Waals surface area contributed by atoms with Crippen molar-refractivity contribution in [3.05, 3.63) is 29.3 Å². The summed E-state index contributed by atoms with van der Waals surface area (Å²) in [4.78, 5) is 41.8. The van der Waals surface area contributed by atoms with Gasteiger partial charge in [-0.2, -0.15) is 0 Å². The van der Waals surface area contributed by atoms with Crippen LogP contribution in [0.25, 0.3) is 0 Å². The summed E-state index contributed by atoms with van der Waals surface area (Å²) in [5.74, 6) is -2.53. The number of halogens is 1. The molecule has 3 saturated heterocycles. The molecule has 2 N–H and O–H groups in total. The molecular formula is C24H31ClN2O6. The molecule has 33 heavy (non-hydrogen) atoms. The quantitative estimate of drug-likeness (QED) is 0.417. The Hall–Kier alpha value is -2.16. The second kappa shape index (κ2) is 9.24. The van der Waals surface area contributed by atoms with Gasteiger partial charge in [0.25, 0.3) is 0 Å². The Balaban J connectivity index is 1.67. The molecule has 1 spiro atoms. The zero-order valence-corrected chi connectivity index (χ0v) is 19.8. The molecule has 2 unspecified atom stereocenters. The van der Waals surface area contributed by atoms with Gasteiger partial charge in [0.2, 0.25) is 11.8 Å². The van der Waals surface area contributed by atoms with Crippen LogP contribution in [-0.4, -0.2) is 64.8 Å². The largest absolute Gasteiger partial charge is 0.466 e. The van der Waals surface area contributed by atoms with E-state index in [1.54, 1.807) is 36.1 Å². The van der Waals surface area contributed by atoms with Gasteiger partial charge in [-0.15, -0.1) is 0 Å². The molecule has 2 amide bonds. The minimum absolute atomic E-state index is 0.0768. The Morgan fingerprint density at radius 1 is 1.24 bits per heavy atom. The van der Waals surface area contributed by atoms with Gasteiger partial charge in [-0.05, 0) is 70.2 Å². The summed E-state index contributed by atoms with van der Waals surface area (Å²) in [6.45, 7) is 4.22. The Morgan fingerprint density at radius 3 is 2.64 bits per heavy atom. The van der Waals surface area contributed by atoms with Crippen molar-refractivity contribution in [3.63, 3.8) is 0 Å². The van der Waals surface area contributed by atoms with Crippen molar-refractivity contribution in [2.45, 2.75) is 63.2 Å². The van der Waals surface area contributed by atoms with E-state index in [0.29, 0.717) is 42.9 Å². The standard InChI is InChI=1S/C24H31ClN2O6/c1-3-32-22(31)18-17-21(30)27(13-5-4-6-14-28)19(24(17)12-11-23(18,2)33-24)20(29)26-16-9-7-15(25)8-10-16/h7-10,17-19,28H,3-6,11-14H2,1-2H3,(H,26,29)/t17-,18+,19?,23-,24?/m0/s1. The van der Waals surface area contributed by atoms with Crippen LogP contribution >= 0.6 is 11.6 Å². The number of benzene rings is 1. The zero-order valence-electron chi connectivity index (χ0n) is 19.0. The Bertz CT molecular complexity index is 924. The number of aliphatic hydroxyl groups is 1. The van der Waals surface area contributed by atoms with Crippen molar-refractivity contribution in [1.82, 2.24) is 4.90 Å². The van der Waals surface area contributed by atoms with Crippen LogP contribution < -0.4 is 5.32 Å². The number of aliphatic hydroxyl groups excluding tert-OH is 1. The third-order valence-electron chi connectivity index (χ3n) is 7.23. The van der Waals surface area contributed by atoms with Gasteiger partial charge < -0.3 is 24.8 Å². The molecule has 3 fully saturated rings. The van der Waals surface area contributed by atoms with Gasteiger partial charge in [-0.1, -0.05) is 11.6 Å². The van der Waals surface area contributed by atoms with Gasteiger partial charge in [0.05, 0.1) is 18.1 Å². The zero-order chi connectivity index (χ0) is 23.8. The molecule has 0 aromatic heterocycles. The number of unbranched alkanes of at least 4 members (excludes halogenated alkanes) is 2. The first-order valence-corrected chi connectivity index (χ1v) is 12.0. The number of anilines is 1. The fourth-order valence-corrected chi connectivity index (χ4v) is 6.00. The van der Waals surface area contributed by atoms with Gasteiger partial charge in [0.15, 0.2) is 0 Å². The van der Waals surface area contributed by atoms with Crippen LogP contribution in [0.2, 0.25) is 5.02 Å². The van der Waals surface area contributed by atoms with Gasteiger partial charge in [0.1, 0.15) is 17.6 Å². The molecule has 5 atom stereocenters. The predicted molar refractivity (Wildman–Crippen MR) is 122 cm³/mol. The third kappa shape index (κ3) is 4.02. The molecule has 1 aromatic rings. The molecule has 3 heterocycles. The number of rotatable bonds is 9. The average molecular weight is 479 g/mol. The normalized spacial score (nSPS) is 32.2. The lowest BCUT2D eigenvalue weighted by Crippen LogP contribution is -2.53. The first-order valence-electron chi connectivity index (χ1n) is 11.6. The first kappa shape index (κ1) is 24.0. The maximum absolute atomic E-state index is 13.7. The molecule has 3 aliphatic rings. The number of esters is 1. The third-order valence-corrected chi connectivity index (χ3v) is 7.49. The summed E-state index contributed by atoms with van der Waals surface area (Å²) < 4.78 is 11.8. The maximum Gasteiger partial charge on any atom is 0.312 e. The molecule has 0 saturated carbocycles. The lowest BCUT2D eigenvalue weighted by atomic mass is 9.66. The maximum atomic E-state index is 13.7. The molecule has 0 aliphatic carbocycles. The fourth-order valence-electron chi connectivity index (χ4n) is 5.87. The number of hydrogen-bond donors (Lipinski definition) is 2. The molecule has 2 bridgehead atoms. The van der Waals surface area contributed by atoms with Crippen molar-refractivity contribution in [2.75, 3.05) is 25.1 Å². The first-order chi connectivity index (χ1) is 15.8. The number of nitrogens with zero attached hydrogens (tertiary/aromatic N) is 1. The Kier molecular flexibility index (Phi) is 6.71. The van der Waals surface area contributed by atoms with Crippen LogP contribution in [0.15, 0.2) is 24.3 Å². The van der Waals surface area contributed by atoms with Crippen LogP contribution in [0.4, 0.5) is 5.69 Å². The summed E-state index contributed by atoms with van der Waals surface area (Å²) >= 11 is 5.96. The number of hydrogen-bond acceptors (Lipinski definition) is 6. The summed E-state index contributed by atoms with van der Waals surface area (Å²) in [6.07, 6.45) is 3.08. The van der Waals surface area contributed by atoms with Crippen molar-refractivity contribution in [3.8, 4) is 0 Å². The van der Waals surface area contributed by atoms with Crippen LogP contribution in [0.3, 0.4) is 0 Å². The number of carbonyl (C=O) groups excluding carboxylic acids is 3. The summed E-state index contributed by atoms with van der Waals surface area (Å²) in [5.41, 5.74) is -1.34. The van der Waals surface area contributed by atoms with Crippen molar-refractivity contribution >= 4 is 35.1 Å². The van der Waals surface area contributed by atoms with E-state index in [9.17, 15) is 14.4 Å². The lowest BCUT2D eigenvalue weighted by molar-refractivity contribution is -0.158. The summed E-state index contributed by atoms with van der Waals surface area (Å²) in [5, 5.41) is 12.6. The van der Waals surface area contributed by atoms with Gasteiger partial charge in [-0.3, -0.25) is 14.4 Å². The van der Waals surface area contributed by atoms with Gasteiger partial charge >= 0.3 is 5.97 Å². The van der Waals surface area contributed by atoms with E-state index < -0.39 is 35.0 Å². The molecule has 1 aromatic carbocycles. The molecule has 9 heteroatoms. The van der Waals surface area contributed by atoms with E-state index >= 15 is 0 Å². The van der Waals surface area contributed by atoms with E-state index in [0.717, 1.165) is 6.42 Å². The monoisotopic (exact) mass is 478 g/mol. The summed E-state index contributed by atoms with van der Waals surface area (Å²) in [6, 6.07) is 5.91. The minimum atomic E-state index is -1.07. The fraction of sp³-hybridized carbons (Fsp3) is 0.625. The Labute approximate surface area is 198 Å². The predicted octanol–water partition coefficient (Wildman–Crippen LogP) is 2.77. The molecule has 3 aliphatic heterocycles. The number of fused-ring (bicyclic) bond motifs is 1.